The highest BCUT2D eigenvalue weighted by molar-refractivity contribution is 6.07. The lowest BCUT2D eigenvalue weighted by atomic mass is 9.98. The Labute approximate surface area is 195 Å². The molecule has 3 aromatic rings. The van der Waals surface area contributed by atoms with Gasteiger partial charge in [0.25, 0.3) is 0 Å². The Kier molecular flexibility index (Phi) is 8.39. The second kappa shape index (κ2) is 11.4. The van der Waals surface area contributed by atoms with Crippen LogP contribution in [0.1, 0.15) is 27.9 Å². The van der Waals surface area contributed by atoms with Gasteiger partial charge in [-0.1, -0.05) is 30.3 Å². The molecule has 5 heteroatoms. The number of halogens is 1. The maximum absolute atomic E-state index is 14.3. The number of allylic oxidation sites excluding steroid dienone is 1. The molecule has 172 valence electrons. The van der Waals surface area contributed by atoms with E-state index in [1.165, 1.54) is 25.3 Å². The molecule has 0 bridgehead atoms. The molecular formula is C28H30FNO3. The van der Waals surface area contributed by atoms with Crippen LogP contribution in [0, 0.1) is 12.7 Å². The van der Waals surface area contributed by atoms with Gasteiger partial charge in [-0.2, -0.15) is 0 Å². The number of methoxy groups -OCH3 is 1. The summed E-state index contributed by atoms with van der Waals surface area (Å²) in [4.78, 5) is 14.8. The number of aryl methyl sites for hydroxylation is 1. The average Bonchev–Trinajstić information content (AvgIpc) is 2.80. The van der Waals surface area contributed by atoms with Crippen LogP contribution < -0.4 is 9.47 Å². The minimum Gasteiger partial charge on any atom is -0.497 e. The van der Waals surface area contributed by atoms with E-state index in [1.807, 2.05) is 44.4 Å². The zero-order valence-electron chi connectivity index (χ0n) is 19.6. The molecule has 0 N–H and O–H groups in total. The van der Waals surface area contributed by atoms with Crippen molar-refractivity contribution >= 4 is 11.9 Å². The highest BCUT2D eigenvalue weighted by Gasteiger charge is 2.12. The first-order valence-corrected chi connectivity index (χ1v) is 10.9. The number of hydrogen-bond donors (Lipinski definition) is 0. The van der Waals surface area contributed by atoms with Gasteiger partial charge >= 0.3 is 0 Å². The Bertz CT molecular complexity index is 1140. The minimum absolute atomic E-state index is 0.00411. The fourth-order valence-electron chi connectivity index (χ4n) is 3.52. The summed E-state index contributed by atoms with van der Waals surface area (Å²) < 4.78 is 25.4. The largest absolute Gasteiger partial charge is 0.497 e. The molecule has 0 aliphatic carbocycles. The number of ether oxygens (including phenoxy) is 2. The zero-order chi connectivity index (χ0) is 23.8. The van der Waals surface area contributed by atoms with E-state index in [-0.39, 0.29) is 5.56 Å². The summed E-state index contributed by atoms with van der Waals surface area (Å²) in [5.74, 6) is 0.0190. The van der Waals surface area contributed by atoms with E-state index in [1.54, 1.807) is 12.1 Å². The van der Waals surface area contributed by atoms with Gasteiger partial charge in [-0.3, -0.25) is 4.79 Å². The third kappa shape index (κ3) is 6.53. The van der Waals surface area contributed by atoms with Crippen LogP contribution >= 0.6 is 0 Å². The molecule has 0 spiro atoms. The first-order chi connectivity index (χ1) is 15.9. The van der Waals surface area contributed by atoms with Crippen molar-refractivity contribution in [3.8, 4) is 22.6 Å². The van der Waals surface area contributed by atoms with Crippen molar-refractivity contribution < 1.29 is 18.7 Å². The molecule has 0 atom stereocenters. The van der Waals surface area contributed by atoms with E-state index < -0.39 is 11.6 Å². The van der Waals surface area contributed by atoms with Gasteiger partial charge in [-0.25, -0.2) is 4.39 Å². The molecule has 0 amide bonds. The maximum Gasteiger partial charge on any atom is 0.188 e. The molecule has 0 saturated heterocycles. The number of ketones is 1. The molecule has 3 aromatic carbocycles. The second-order valence-electron chi connectivity index (χ2n) is 8.12. The van der Waals surface area contributed by atoms with Gasteiger partial charge in [-0.05, 0) is 80.5 Å². The number of rotatable bonds is 10. The predicted molar refractivity (Wildman–Crippen MR) is 132 cm³/mol. The summed E-state index contributed by atoms with van der Waals surface area (Å²) in [7, 11) is 5.50. The minimum atomic E-state index is -0.613. The summed E-state index contributed by atoms with van der Waals surface area (Å²) in [6, 6.07) is 18.3. The van der Waals surface area contributed by atoms with Crippen molar-refractivity contribution in [3.63, 3.8) is 0 Å². The van der Waals surface area contributed by atoms with Gasteiger partial charge in [0.15, 0.2) is 5.78 Å². The van der Waals surface area contributed by atoms with Crippen LogP contribution in [0.3, 0.4) is 0 Å². The number of carbonyl (C=O) groups excluding carboxylic acids is 1. The summed E-state index contributed by atoms with van der Waals surface area (Å²) >= 11 is 0. The highest BCUT2D eigenvalue weighted by atomic mass is 19.1. The molecule has 33 heavy (non-hydrogen) atoms. The molecule has 0 aromatic heterocycles. The van der Waals surface area contributed by atoms with Gasteiger partial charge in [0.1, 0.15) is 17.3 Å². The van der Waals surface area contributed by atoms with E-state index in [4.69, 9.17) is 9.47 Å². The van der Waals surface area contributed by atoms with Crippen LogP contribution in [-0.4, -0.2) is 45.0 Å². The fraction of sp³-hybridized carbons (Fsp3) is 0.250. The van der Waals surface area contributed by atoms with E-state index in [0.717, 1.165) is 35.2 Å². The molecule has 0 heterocycles. The zero-order valence-corrected chi connectivity index (χ0v) is 19.6. The SMILES string of the molecule is COc1ccc(C(=O)C=Cc2cc(-c3ccccc3C)ccc2OCCCN(C)C)c(F)c1. The van der Waals surface area contributed by atoms with Crippen LogP contribution in [0.15, 0.2) is 66.7 Å². The van der Waals surface area contributed by atoms with Crippen molar-refractivity contribution in [1.29, 1.82) is 0 Å². The predicted octanol–water partition coefficient (Wildman–Crippen LogP) is 6.04. The Morgan fingerprint density at radius 3 is 2.55 bits per heavy atom. The van der Waals surface area contributed by atoms with Crippen LogP contribution in [0.5, 0.6) is 11.5 Å². The van der Waals surface area contributed by atoms with Crippen LogP contribution in [0.4, 0.5) is 4.39 Å². The van der Waals surface area contributed by atoms with E-state index in [9.17, 15) is 9.18 Å². The fourth-order valence-corrected chi connectivity index (χ4v) is 3.52. The summed E-state index contributed by atoms with van der Waals surface area (Å²) in [6.07, 6.45) is 3.95. The third-order valence-electron chi connectivity index (χ3n) is 5.33. The standard InChI is InChI=1S/C28H30FNO3/c1-20-8-5-6-9-24(20)21-11-15-28(33-17-7-16-30(2)3)22(18-21)10-14-27(31)25-13-12-23(32-4)19-26(25)29/h5-6,8-15,18-19H,7,16-17H2,1-4H3. The summed E-state index contributed by atoms with van der Waals surface area (Å²) in [6.45, 7) is 3.54. The van der Waals surface area contributed by atoms with Gasteiger partial charge in [0.2, 0.25) is 0 Å². The average molecular weight is 448 g/mol. The first kappa shape index (κ1) is 24.2. The number of carbonyl (C=O) groups is 1. The van der Waals surface area contributed by atoms with Gasteiger partial charge in [0.05, 0.1) is 19.3 Å². The maximum atomic E-state index is 14.3. The van der Waals surface area contributed by atoms with Crippen molar-refractivity contribution in [2.45, 2.75) is 13.3 Å². The molecule has 0 radical (unpaired) electrons. The van der Waals surface area contributed by atoms with Crippen LogP contribution in [0.25, 0.3) is 17.2 Å². The Morgan fingerprint density at radius 2 is 1.85 bits per heavy atom. The van der Waals surface area contributed by atoms with Crippen molar-refractivity contribution in [3.05, 3.63) is 89.2 Å². The number of nitrogens with zero attached hydrogens (tertiary/aromatic N) is 1. The Morgan fingerprint density at radius 1 is 1.06 bits per heavy atom. The van der Waals surface area contributed by atoms with E-state index >= 15 is 0 Å². The molecule has 0 aliphatic rings. The van der Waals surface area contributed by atoms with Gasteiger partial charge in [-0.15, -0.1) is 0 Å². The Hall–Kier alpha value is -3.44. The lowest BCUT2D eigenvalue weighted by Crippen LogP contribution is -2.15. The lowest BCUT2D eigenvalue weighted by Gasteiger charge is -2.14. The summed E-state index contributed by atoms with van der Waals surface area (Å²) in [5, 5.41) is 0. The molecule has 0 saturated carbocycles. The van der Waals surface area contributed by atoms with Gasteiger partial charge in [0, 0.05) is 18.2 Å². The van der Waals surface area contributed by atoms with Crippen LogP contribution in [0.2, 0.25) is 0 Å². The van der Waals surface area contributed by atoms with Crippen molar-refractivity contribution in [1.82, 2.24) is 4.90 Å². The normalized spacial score (nSPS) is 11.2. The molecule has 0 fully saturated rings. The Balaban J connectivity index is 1.89. The lowest BCUT2D eigenvalue weighted by molar-refractivity contribution is 0.104. The number of benzene rings is 3. The molecule has 0 unspecified atom stereocenters. The highest BCUT2D eigenvalue weighted by Crippen LogP contribution is 2.30. The topological polar surface area (TPSA) is 38.8 Å². The second-order valence-corrected chi connectivity index (χ2v) is 8.12. The third-order valence-corrected chi connectivity index (χ3v) is 5.33. The molecular weight excluding hydrogens is 417 g/mol. The van der Waals surface area contributed by atoms with E-state index in [2.05, 4.69) is 24.0 Å². The molecule has 4 nitrogen and oxygen atoms in total. The smallest absolute Gasteiger partial charge is 0.188 e. The first-order valence-electron chi connectivity index (χ1n) is 10.9. The van der Waals surface area contributed by atoms with Gasteiger partial charge < -0.3 is 14.4 Å². The monoisotopic (exact) mass is 447 g/mol. The quantitative estimate of drug-likeness (QED) is 0.216. The van der Waals surface area contributed by atoms with Crippen LogP contribution in [-0.2, 0) is 0 Å². The molecule has 0 aliphatic heterocycles. The summed E-state index contributed by atoms with van der Waals surface area (Å²) in [5.41, 5.74) is 4.05. The number of hydrogen-bond acceptors (Lipinski definition) is 4. The van der Waals surface area contributed by atoms with E-state index in [0.29, 0.717) is 18.1 Å². The molecule has 3 rings (SSSR count). The van der Waals surface area contributed by atoms with Crippen molar-refractivity contribution in [2.75, 3.05) is 34.4 Å². The van der Waals surface area contributed by atoms with Crippen molar-refractivity contribution in [2.24, 2.45) is 0 Å².